The van der Waals surface area contributed by atoms with Gasteiger partial charge in [-0.15, -0.1) is 0 Å². The van der Waals surface area contributed by atoms with Gasteiger partial charge < -0.3 is 23.5 Å². The minimum atomic E-state index is -3.96. The Bertz CT molecular complexity index is 1780. The van der Waals surface area contributed by atoms with Crippen LogP contribution in [0.4, 0.5) is 0 Å². The molecule has 2 heterocycles. The van der Waals surface area contributed by atoms with Gasteiger partial charge in [0.05, 0.1) is 12.7 Å². The molecule has 3 aromatic rings. The minimum Gasteiger partial charge on any atom is -0.779 e. The van der Waals surface area contributed by atoms with Crippen LogP contribution in [0.15, 0.2) is 58.3 Å². The number of benzene rings is 2. The number of aromatic nitrogens is 2. The monoisotopic (exact) mass is 545 g/mol. The van der Waals surface area contributed by atoms with Gasteiger partial charge in [-0.05, 0) is 51.9 Å². The average Bonchev–Trinajstić information content (AvgIpc) is 3.33. The molecule has 0 bridgehead atoms. The Hall–Kier alpha value is -3.51. The molecule has 0 radical (unpaired) electrons. The van der Waals surface area contributed by atoms with Crippen LogP contribution in [0.5, 0.6) is 0 Å². The standard InChI is InChI=1S/C29H27N2O7P/c1-36-23-14-25(38-24(23)16-37-39(2,34)35)31-15-21(28(32)30-29(31)33)11-7-17-6-8-20-10-9-18-4-3-5-19-12-13-22(17)27(20)26(18)19/h3,5-6,8-10,12,15,23-25H,4,13-14,16H2,1-2H3,(H,34,35)(H,30,32,33)/p-1/t23?,24-,25-/m1/s1. The zero-order chi connectivity index (χ0) is 27.3. The van der Waals surface area contributed by atoms with E-state index in [0.717, 1.165) is 36.0 Å². The van der Waals surface area contributed by atoms with Crippen LogP contribution < -0.4 is 16.1 Å². The first kappa shape index (κ1) is 25.8. The van der Waals surface area contributed by atoms with Crippen LogP contribution in [0, 0.1) is 11.8 Å². The van der Waals surface area contributed by atoms with Crippen LogP contribution in [0.3, 0.4) is 0 Å². The third kappa shape index (κ3) is 4.87. The number of hydrogen-bond donors (Lipinski definition) is 1. The van der Waals surface area contributed by atoms with Crippen molar-refractivity contribution >= 4 is 23.9 Å². The SMILES string of the molecule is COC1C[C@H](n2cc(C#Cc3ccc4ccc5c6c4c3CC=C6C=CC5)c(=O)[nH]c2=O)O[C@@H]1COP(C)(=O)[O-]. The number of allylic oxidation sites excluding steroid dienone is 4. The molecule has 200 valence electrons. The van der Waals surface area contributed by atoms with Crippen molar-refractivity contribution in [3.05, 3.63) is 97.3 Å². The van der Waals surface area contributed by atoms with Crippen molar-refractivity contribution in [2.75, 3.05) is 20.4 Å². The number of aromatic amines is 1. The second-order valence-electron chi connectivity index (χ2n) is 9.93. The van der Waals surface area contributed by atoms with Crippen LogP contribution in [0.25, 0.3) is 16.3 Å². The van der Waals surface area contributed by atoms with E-state index in [2.05, 4.69) is 47.2 Å². The predicted molar refractivity (Wildman–Crippen MR) is 145 cm³/mol. The van der Waals surface area contributed by atoms with Gasteiger partial charge in [0.2, 0.25) is 0 Å². The highest BCUT2D eigenvalue weighted by Crippen LogP contribution is 2.40. The number of rotatable bonds is 5. The van der Waals surface area contributed by atoms with Gasteiger partial charge >= 0.3 is 5.69 Å². The fourth-order valence-corrected chi connectivity index (χ4v) is 5.96. The zero-order valence-electron chi connectivity index (χ0n) is 21.4. The van der Waals surface area contributed by atoms with Gasteiger partial charge in [0.1, 0.15) is 25.5 Å². The summed E-state index contributed by atoms with van der Waals surface area (Å²) in [5, 5.41) is 2.36. The van der Waals surface area contributed by atoms with Crippen molar-refractivity contribution in [2.24, 2.45) is 0 Å². The Balaban J connectivity index is 1.34. The second-order valence-corrected chi connectivity index (χ2v) is 11.7. The van der Waals surface area contributed by atoms with Crippen molar-refractivity contribution in [2.45, 2.75) is 37.7 Å². The second kappa shape index (κ2) is 9.91. The predicted octanol–water partition coefficient (Wildman–Crippen LogP) is 2.64. The highest BCUT2D eigenvalue weighted by Gasteiger charge is 2.37. The van der Waals surface area contributed by atoms with E-state index in [4.69, 9.17) is 14.0 Å². The molecule has 0 saturated carbocycles. The van der Waals surface area contributed by atoms with Gasteiger partial charge in [-0.3, -0.25) is 14.3 Å². The van der Waals surface area contributed by atoms with Gasteiger partial charge in [0, 0.05) is 32.0 Å². The largest absolute Gasteiger partial charge is 0.779 e. The van der Waals surface area contributed by atoms with Gasteiger partial charge in [0.25, 0.3) is 5.56 Å². The maximum atomic E-state index is 12.7. The molecule has 10 heteroatoms. The van der Waals surface area contributed by atoms with Crippen molar-refractivity contribution in [3.63, 3.8) is 0 Å². The van der Waals surface area contributed by atoms with Gasteiger partial charge in [-0.25, -0.2) is 4.79 Å². The van der Waals surface area contributed by atoms with Gasteiger partial charge in [-0.1, -0.05) is 48.3 Å². The lowest BCUT2D eigenvalue weighted by atomic mass is 9.80. The van der Waals surface area contributed by atoms with E-state index in [1.165, 1.54) is 40.0 Å². The van der Waals surface area contributed by atoms with Crippen molar-refractivity contribution in [1.82, 2.24) is 9.55 Å². The number of methoxy groups -OCH3 is 1. The van der Waals surface area contributed by atoms with Crippen LogP contribution in [0.1, 0.15) is 40.5 Å². The Labute approximate surface area is 224 Å². The molecule has 1 aliphatic heterocycles. The molecule has 1 aromatic heterocycles. The molecule has 0 amide bonds. The molecule has 0 spiro atoms. The molecule has 39 heavy (non-hydrogen) atoms. The maximum Gasteiger partial charge on any atom is 0.330 e. The van der Waals surface area contributed by atoms with E-state index in [1.807, 2.05) is 12.1 Å². The van der Waals surface area contributed by atoms with Crippen LogP contribution >= 0.6 is 7.60 Å². The summed E-state index contributed by atoms with van der Waals surface area (Å²) in [6.45, 7) is 0.737. The van der Waals surface area contributed by atoms with Crippen molar-refractivity contribution in [3.8, 4) is 11.8 Å². The van der Waals surface area contributed by atoms with Crippen LogP contribution in [0.2, 0.25) is 0 Å². The first-order valence-electron chi connectivity index (χ1n) is 12.6. The highest BCUT2D eigenvalue weighted by atomic mass is 31.2. The first-order chi connectivity index (χ1) is 18.7. The molecule has 1 N–H and O–H groups in total. The summed E-state index contributed by atoms with van der Waals surface area (Å²) in [4.78, 5) is 39.1. The fourth-order valence-electron chi connectivity index (χ4n) is 5.54. The van der Waals surface area contributed by atoms with E-state index in [1.54, 1.807) is 0 Å². The summed E-state index contributed by atoms with van der Waals surface area (Å²) in [7, 11) is -2.49. The maximum absolute atomic E-state index is 12.7. The molecule has 9 nitrogen and oxygen atoms in total. The van der Waals surface area contributed by atoms with Crippen LogP contribution in [-0.2, 0) is 31.4 Å². The summed E-state index contributed by atoms with van der Waals surface area (Å²) >= 11 is 0. The third-order valence-electron chi connectivity index (χ3n) is 7.40. The summed E-state index contributed by atoms with van der Waals surface area (Å²) in [5.74, 6) is 6.12. The molecule has 1 fully saturated rings. The van der Waals surface area contributed by atoms with Gasteiger partial charge in [-0.2, -0.15) is 0 Å². The fraction of sp³-hybridized carbons (Fsp3) is 0.310. The lowest BCUT2D eigenvalue weighted by molar-refractivity contribution is -0.200. The lowest BCUT2D eigenvalue weighted by Crippen LogP contribution is -2.33. The topological polar surface area (TPSA) is 123 Å². The summed E-state index contributed by atoms with van der Waals surface area (Å²) in [6.07, 6.45) is 7.83. The Morgan fingerprint density at radius 1 is 1.18 bits per heavy atom. The molecule has 6 rings (SSSR count). The number of ether oxygens (including phenoxy) is 2. The summed E-state index contributed by atoms with van der Waals surface area (Å²) in [5.41, 5.74) is 4.59. The van der Waals surface area contributed by atoms with Crippen LogP contribution in [-0.4, -0.2) is 42.1 Å². The third-order valence-corrected chi connectivity index (χ3v) is 8.01. The van der Waals surface area contributed by atoms with E-state index in [0.29, 0.717) is 0 Å². The van der Waals surface area contributed by atoms with E-state index in [-0.39, 0.29) is 18.6 Å². The number of nitrogens with one attached hydrogen (secondary N) is 1. The van der Waals surface area contributed by atoms with Crippen molar-refractivity contribution in [1.29, 1.82) is 0 Å². The molecule has 3 aliphatic rings. The Morgan fingerprint density at radius 3 is 2.77 bits per heavy atom. The molecule has 4 atom stereocenters. The quantitative estimate of drug-likeness (QED) is 0.386. The molecule has 1 saturated heterocycles. The molecule has 2 aliphatic carbocycles. The normalized spacial score (nSPS) is 22.7. The molecule has 2 unspecified atom stereocenters. The van der Waals surface area contributed by atoms with E-state index in [9.17, 15) is 19.0 Å². The lowest BCUT2D eigenvalue weighted by Gasteiger charge is -2.23. The smallest absolute Gasteiger partial charge is 0.330 e. The number of H-pyrrole nitrogens is 1. The van der Waals surface area contributed by atoms with E-state index < -0.39 is 37.3 Å². The minimum absolute atomic E-state index is 0.113. The molecular weight excluding hydrogens is 519 g/mol. The van der Waals surface area contributed by atoms with Crippen molar-refractivity contribution < 1.29 is 23.5 Å². The molecular formula is C29H26N2O7P-. The summed E-state index contributed by atoms with van der Waals surface area (Å²) in [6, 6.07) is 8.33. The average molecular weight is 546 g/mol. The molecule has 2 aromatic carbocycles. The number of nitrogens with zero attached hydrogens (tertiary/aromatic N) is 1. The van der Waals surface area contributed by atoms with Gasteiger partial charge in [0.15, 0.2) is 0 Å². The Kier molecular flexibility index (Phi) is 6.54. The zero-order valence-corrected chi connectivity index (χ0v) is 22.3. The highest BCUT2D eigenvalue weighted by molar-refractivity contribution is 7.50. The summed E-state index contributed by atoms with van der Waals surface area (Å²) < 4.78 is 28.9. The first-order valence-corrected chi connectivity index (χ1v) is 14.6. The number of hydrogen-bond acceptors (Lipinski definition) is 7. The van der Waals surface area contributed by atoms with E-state index >= 15 is 0 Å². The Morgan fingerprint density at radius 2 is 1.97 bits per heavy atom.